The van der Waals surface area contributed by atoms with Gasteiger partial charge in [0, 0.05) is 28.8 Å². The van der Waals surface area contributed by atoms with Crippen molar-refractivity contribution in [2.24, 2.45) is 5.92 Å². The van der Waals surface area contributed by atoms with Gasteiger partial charge in [-0.15, -0.1) is 12.4 Å². The molecule has 1 fully saturated rings. The van der Waals surface area contributed by atoms with Crippen LogP contribution >= 0.6 is 35.8 Å². The number of hydrogen-bond acceptors (Lipinski definition) is 3. The van der Waals surface area contributed by atoms with Gasteiger partial charge in [0.1, 0.15) is 0 Å². The Labute approximate surface area is 130 Å². The lowest BCUT2D eigenvalue weighted by Crippen LogP contribution is -2.45. The Bertz CT molecular complexity index is 416. The zero-order valence-corrected chi connectivity index (χ0v) is 13.7. The van der Waals surface area contributed by atoms with Crippen LogP contribution < -0.4 is 0 Å². The molecule has 0 bridgehead atoms. The third-order valence-corrected chi connectivity index (χ3v) is 5.01. The second-order valence-electron chi connectivity index (χ2n) is 5.19. The molecule has 1 heterocycles. The molecule has 2 atom stereocenters. The first kappa shape index (κ1) is 17.1. The molecule has 0 amide bonds. The molecular weight excluding hydrogens is 301 g/mol. The minimum absolute atomic E-state index is 0. The highest BCUT2D eigenvalue weighted by Gasteiger charge is 2.41. The first-order chi connectivity index (χ1) is 8.54. The summed E-state index contributed by atoms with van der Waals surface area (Å²) in [5, 5.41) is 11.8. The van der Waals surface area contributed by atoms with E-state index in [1.165, 1.54) is 0 Å². The first-order valence-corrected chi connectivity index (χ1v) is 7.77. The molecule has 2 rings (SSSR count). The highest BCUT2D eigenvalue weighted by Crippen LogP contribution is 2.43. The maximum absolute atomic E-state index is 11.1. The van der Waals surface area contributed by atoms with Crippen LogP contribution in [0.2, 0.25) is 5.02 Å². The van der Waals surface area contributed by atoms with E-state index in [1.807, 2.05) is 50.1 Å². The number of thioether (sulfide) groups is 1. The van der Waals surface area contributed by atoms with Crippen LogP contribution in [-0.2, 0) is 5.60 Å². The Balaban J connectivity index is 0.00000180. The minimum Gasteiger partial charge on any atom is -0.385 e. The van der Waals surface area contributed by atoms with Gasteiger partial charge in [-0.2, -0.15) is 11.8 Å². The predicted molar refractivity (Wildman–Crippen MR) is 86.6 cm³/mol. The molecule has 0 radical (unpaired) electrons. The van der Waals surface area contributed by atoms with Crippen molar-refractivity contribution < 1.29 is 5.11 Å². The molecule has 0 aliphatic carbocycles. The number of aliphatic hydroxyl groups is 1. The summed E-state index contributed by atoms with van der Waals surface area (Å²) in [6.45, 7) is 0.884. The molecule has 1 aromatic rings. The topological polar surface area (TPSA) is 23.5 Å². The van der Waals surface area contributed by atoms with Crippen LogP contribution in [0.25, 0.3) is 0 Å². The summed E-state index contributed by atoms with van der Waals surface area (Å²) >= 11 is 8.19. The number of nitrogens with zero attached hydrogens (tertiary/aromatic N) is 1. The van der Waals surface area contributed by atoms with E-state index >= 15 is 0 Å². The minimum atomic E-state index is -0.784. The molecule has 19 heavy (non-hydrogen) atoms. The third-order valence-electron chi connectivity index (χ3n) is 3.55. The number of hydrogen-bond donors (Lipinski definition) is 1. The van der Waals surface area contributed by atoms with E-state index in [2.05, 4.69) is 4.90 Å². The average molecular weight is 322 g/mol. The van der Waals surface area contributed by atoms with E-state index in [1.54, 1.807) is 0 Å². The fourth-order valence-electron chi connectivity index (χ4n) is 2.61. The van der Waals surface area contributed by atoms with Gasteiger partial charge in [-0.05, 0) is 32.3 Å². The van der Waals surface area contributed by atoms with Gasteiger partial charge >= 0.3 is 0 Å². The van der Waals surface area contributed by atoms with E-state index in [4.69, 9.17) is 11.6 Å². The van der Waals surface area contributed by atoms with E-state index in [0.717, 1.165) is 30.0 Å². The highest BCUT2D eigenvalue weighted by molar-refractivity contribution is 7.99. The Kier molecular flexibility index (Phi) is 6.48. The fourth-order valence-corrected chi connectivity index (χ4v) is 4.19. The standard InChI is InChI=1S/C14H20ClNOS.ClH/c1-16(2)9-11-10-18-8-7-14(11,17)12-5-3-4-6-13(12)15;/h3-6,11,17H,7-10H2,1-2H3;1H. The Morgan fingerprint density at radius 3 is 2.74 bits per heavy atom. The van der Waals surface area contributed by atoms with Gasteiger partial charge in [0.05, 0.1) is 5.60 Å². The van der Waals surface area contributed by atoms with Crippen LogP contribution in [0, 0.1) is 5.92 Å². The predicted octanol–water partition coefficient (Wildman–Crippen LogP) is 3.26. The van der Waals surface area contributed by atoms with Gasteiger partial charge in [0.15, 0.2) is 0 Å². The maximum Gasteiger partial charge on any atom is 0.0966 e. The summed E-state index contributed by atoms with van der Waals surface area (Å²) in [6.07, 6.45) is 0.778. The molecule has 5 heteroatoms. The second-order valence-corrected chi connectivity index (χ2v) is 6.75. The van der Waals surface area contributed by atoms with Crippen LogP contribution in [0.4, 0.5) is 0 Å². The lowest BCUT2D eigenvalue weighted by atomic mass is 9.79. The molecule has 1 N–H and O–H groups in total. The van der Waals surface area contributed by atoms with Gasteiger partial charge in [-0.1, -0.05) is 29.8 Å². The van der Waals surface area contributed by atoms with Crippen molar-refractivity contribution >= 4 is 35.8 Å². The molecule has 0 spiro atoms. The Morgan fingerprint density at radius 1 is 1.42 bits per heavy atom. The Hall–Kier alpha value is 0.0700. The van der Waals surface area contributed by atoms with Crippen molar-refractivity contribution in [3.63, 3.8) is 0 Å². The summed E-state index contributed by atoms with van der Waals surface area (Å²) in [4.78, 5) is 2.14. The third kappa shape index (κ3) is 3.79. The largest absolute Gasteiger partial charge is 0.385 e. The summed E-state index contributed by atoms with van der Waals surface area (Å²) in [5.74, 6) is 2.21. The molecule has 1 aliphatic heterocycles. The second kappa shape index (κ2) is 7.19. The van der Waals surface area contributed by atoms with Crippen LogP contribution in [0.3, 0.4) is 0 Å². The number of rotatable bonds is 3. The average Bonchev–Trinajstić information content (AvgIpc) is 2.32. The van der Waals surface area contributed by atoms with Crippen molar-refractivity contribution in [1.82, 2.24) is 4.90 Å². The summed E-state index contributed by atoms with van der Waals surface area (Å²) in [7, 11) is 4.10. The molecule has 108 valence electrons. The Morgan fingerprint density at radius 2 is 2.11 bits per heavy atom. The van der Waals surface area contributed by atoms with E-state index in [0.29, 0.717) is 5.02 Å². The number of halogens is 2. The van der Waals surface area contributed by atoms with Crippen molar-refractivity contribution in [3.05, 3.63) is 34.9 Å². The fraction of sp³-hybridized carbons (Fsp3) is 0.571. The van der Waals surface area contributed by atoms with Crippen molar-refractivity contribution in [1.29, 1.82) is 0 Å². The molecule has 0 aromatic heterocycles. The van der Waals surface area contributed by atoms with Gasteiger partial charge < -0.3 is 10.0 Å². The molecular formula is C14H21Cl2NOS. The van der Waals surface area contributed by atoms with Crippen molar-refractivity contribution in [2.45, 2.75) is 12.0 Å². The van der Waals surface area contributed by atoms with E-state index in [-0.39, 0.29) is 18.3 Å². The molecule has 0 saturated carbocycles. The normalized spacial score (nSPS) is 27.1. The van der Waals surface area contributed by atoms with Crippen molar-refractivity contribution in [2.75, 3.05) is 32.1 Å². The lowest BCUT2D eigenvalue weighted by Gasteiger charge is -2.41. The van der Waals surface area contributed by atoms with E-state index < -0.39 is 5.60 Å². The zero-order chi connectivity index (χ0) is 13.2. The zero-order valence-electron chi connectivity index (χ0n) is 11.3. The van der Waals surface area contributed by atoms with Gasteiger partial charge in [-0.25, -0.2) is 0 Å². The highest BCUT2D eigenvalue weighted by atomic mass is 35.5. The summed E-state index contributed by atoms with van der Waals surface area (Å²) < 4.78 is 0. The maximum atomic E-state index is 11.1. The monoisotopic (exact) mass is 321 g/mol. The first-order valence-electron chi connectivity index (χ1n) is 6.24. The van der Waals surface area contributed by atoms with Crippen LogP contribution in [0.5, 0.6) is 0 Å². The van der Waals surface area contributed by atoms with Crippen LogP contribution in [0.1, 0.15) is 12.0 Å². The van der Waals surface area contributed by atoms with Crippen LogP contribution in [0.15, 0.2) is 24.3 Å². The quantitative estimate of drug-likeness (QED) is 0.924. The van der Waals surface area contributed by atoms with Crippen LogP contribution in [-0.4, -0.2) is 42.2 Å². The number of benzene rings is 1. The smallest absolute Gasteiger partial charge is 0.0966 e. The molecule has 2 unspecified atom stereocenters. The summed E-state index contributed by atoms with van der Waals surface area (Å²) in [5.41, 5.74) is 0.104. The molecule has 2 nitrogen and oxygen atoms in total. The molecule has 1 saturated heterocycles. The van der Waals surface area contributed by atoms with Gasteiger partial charge in [-0.3, -0.25) is 0 Å². The van der Waals surface area contributed by atoms with Gasteiger partial charge in [0.25, 0.3) is 0 Å². The molecule has 1 aliphatic rings. The molecule has 1 aromatic carbocycles. The van der Waals surface area contributed by atoms with Gasteiger partial charge in [0.2, 0.25) is 0 Å². The van der Waals surface area contributed by atoms with Crippen molar-refractivity contribution in [3.8, 4) is 0 Å². The summed E-state index contributed by atoms with van der Waals surface area (Å²) in [6, 6.07) is 7.69. The lowest BCUT2D eigenvalue weighted by molar-refractivity contribution is -0.0292. The SMILES string of the molecule is CN(C)CC1CSCCC1(O)c1ccccc1Cl.Cl. The van der Waals surface area contributed by atoms with E-state index in [9.17, 15) is 5.11 Å².